The molecule has 0 aliphatic rings. The average molecular weight is 339 g/mol. The molecule has 0 bridgehead atoms. The molecule has 1 aromatic heterocycles. The molecule has 1 nitrogen and oxygen atoms in total. The van der Waals surface area contributed by atoms with Gasteiger partial charge in [-0.3, -0.25) is 0 Å². The summed E-state index contributed by atoms with van der Waals surface area (Å²) in [5, 5.41) is 14.8. The smallest absolute Gasteiger partial charge is 0.0880 e. The molecule has 3 unspecified atom stereocenters. The highest BCUT2D eigenvalue weighted by Crippen LogP contribution is 2.41. The van der Waals surface area contributed by atoms with E-state index in [-0.39, 0.29) is 5.92 Å². The van der Waals surface area contributed by atoms with Crippen LogP contribution in [0.1, 0.15) is 43.4 Å². The Morgan fingerprint density at radius 1 is 1.21 bits per heavy atom. The van der Waals surface area contributed by atoms with Gasteiger partial charge in [0.05, 0.1) is 6.10 Å². The molecule has 19 heavy (non-hydrogen) atoms. The van der Waals surface area contributed by atoms with E-state index >= 15 is 0 Å². The van der Waals surface area contributed by atoms with Crippen LogP contribution in [0.25, 0.3) is 0 Å². The Bertz CT molecular complexity index is 508. The van der Waals surface area contributed by atoms with Crippen molar-refractivity contribution in [3.63, 3.8) is 0 Å². The molecule has 0 aliphatic heterocycles. The van der Waals surface area contributed by atoms with E-state index in [2.05, 4.69) is 41.9 Å². The first-order valence-electron chi connectivity index (χ1n) is 6.59. The van der Waals surface area contributed by atoms with Gasteiger partial charge in [0, 0.05) is 21.3 Å². The summed E-state index contributed by atoms with van der Waals surface area (Å²) in [7, 11) is 0. The summed E-state index contributed by atoms with van der Waals surface area (Å²) in [6.07, 6.45) is 0.594. The number of benzene rings is 1. The van der Waals surface area contributed by atoms with Crippen LogP contribution >= 0.6 is 27.3 Å². The Morgan fingerprint density at radius 3 is 2.42 bits per heavy atom. The Morgan fingerprint density at radius 2 is 1.89 bits per heavy atom. The third-order valence-corrected chi connectivity index (χ3v) is 5.49. The van der Waals surface area contributed by atoms with Gasteiger partial charge in [-0.1, -0.05) is 50.6 Å². The van der Waals surface area contributed by atoms with E-state index in [1.165, 1.54) is 5.56 Å². The molecule has 1 heterocycles. The Kier molecular flexibility index (Phi) is 5.20. The number of hydrogen-bond acceptors (Lipinski definition) is 2. The van der Waals surface area contributed by atoms with Crippen LogP contribution in [0.3, 0.4) is 0 Å². The summed E-state index contributed by atoms with van der Waals surface area (Å²) in [5.41, 5.74) is 2.21. The van der Waals surface area contributed by atoms with Gasteiger partial charge >= 0.3 is 0 Å². The lowest BCUT2D eigenvalue weighted by molar-refractivity contribution is 0.118. The number of thiophene rings is 1. The van der Waals surface area contributed by atoms with Crippen LogP contribution in [0, 0.1) is 5.92 Å². The van der Waals surface area contributed by atoms with Crippen molar-refractivity contribution in [3.05, 3.63) is 56.7 Å². The zero-order chi connectivity index (χ0) is 13.8. The Balaban J connectivity index is 2.36. The molecule has 0 radical (unpaired) electrons. The van der Waals surface area contributed by atoms with Gasteiger partial charge in [0.2, 0.25) is 0 Å². The first kappa shape index (κ1) is 14.8. The molecular formula is C16H19BrOS. The largest absolute Gasteiger partial charge is 0.388 e. The van der Waals surface area contributed by atoms with E-state index in [9.17, 15) is 5.11 Å². The second-order valence-corrected chi connectivity index (χ2v) is 6.54. The summed E-state index contributed by atoms with van der Waals surface area (Å²) < 4.78 is 1.01. The minimum Gasteiger partial charge on any atom is -0.388 e. The van der Waals surface area contributed by atoms with Gasteiger partial charge in [-0.2, -0.15) is 11.3 Å². The number of aliphatic hydroxyl groups excluding tert-OH is 1. The lowest BCUT2D eigenvalue weighted by Gasteiger charge is -2.28. The SMILES string of the molecule is CCC(C)C(c1ccccc1)C(O)c1cscc1Br. The molecule has 0 saturated heterocycles. The van der Waals surface area contributed by atoms with E-state index in [1.807, 2.05) is 29.0 Å². The van der Waals surface area contributed by atoms with Crippen LogP contribution in [0.15, 0.2) is 45.6 Å². The zero-order valence-corrected chi connectivity index (χ0v) is 13.6. The van der Waals surface area contributed by atoms with Gasteiger partial charge < -0.3 is 5.11 Å². The number of rotatable bonds is 5. The van der Waals surface area contributed by atoms with Crippen molar-refractivity contribution < 1.29 is 5.11 Å². The van der Waals surface area contributed by atoms with E-state index in [4.69, 9.17) is 0 Å². The second-order valence-electron chi connectivity index (χ2n) is 4.94. The van der Waals surface area contributed by atoms with Crippen molar-refractivity contribution in [1.29, 1.82) is 0 Å². The van der Waals surface area contributed by atoms with Crippen LogP contribution in [0.5, 0.6) is 0 Å². The van der Waals surface area contributed by atoms with Crippen LogP contribution in [0.4, 0.5) is 0 Å². The van der Waals surface area contributed by atoms with Gasteiger partial charge in [-0.25, -0.2) is 0 Å². The summed E-state index contributed by atoms with van der Waals surface area (Å²) in [6, 6.07) is 10.3. The standard InChI is InChI=1S/C16H19BrOS/c1-3-11(2)15(12-7-5-4-6-8-12)16(18)13-9-19-10-14(13)17/h4-11,15-16,18H,3H2,1-2H3. The Labute approximate surface area is 127 Å². The molecular weight excluding hydrogens is 320 g/mol. The van der Waals surface area contributed by atoms with Crippen molar-refractivity contribution in [2.45, 2.75) is 32.3 Å². The average Bonchev–Trinajstić information content (AvgIpc) is 2.86. The summed E-state index contributed by atoms with van der Waals surface area (Å²) >= 11 is 5.15. The molecule has 0 aliphatic carbocycles. The van der Waals surface area contributed by atoms with Crippen molar-refractivity contribution >= 4 is 27.3 Å². The highest BCUT2D eigenvalue weighted by atomic mass is 79.9. The normalized spacial score (nSPS) is 16.0. The molecule has 0 amide bonds. The van der Waals surface area contributed by atoms with Crippen LogP contribution in [-0.4, -0.2) is 5.11 Å². The maximum atomic E-state index is 10.8. The Hall–Kier alpha value is -0.640. The number of hydrogen-bond donors (Lipinski definition) is 1. The topological polar surface area (TPSA) is 20.2 Å². The third kappa shape index (κ3) is 3.28. The maximum absolute atomic E-state index is 10.8. The quantitative estimate of drug-likeness (QED) is 0.776. The van der Waals surface area contributed by atoms with E-state index in [0.717, 1.165) is 16.5 Å². The third-order valence-electron chi connectivity index (χ3n) is 3.74. The summed E-state index contributed by atoms with van der Waals surface area (Å²) in [6.45, 7) is 4.39. The van der Waals surface area contributed by atoms with Gasteiger partial charge in [0.15, 0.2) is 0 Å². The highest BCUT2D eigenvalue weighted by Gasteiger charge is 2.28. The number of aliphatic hydroxyl groups is 1. The fraction of sp³-hybridized carbons (Fsp3) is 0.375. The maximum Gasteiger partial charge on any atom is 0.0880 e. The van der Waals surface area contributed by atoms with Crippen molar-refractivity contribution in [3.8, 4) is 0 Å². The van der Waals surface area contributed by atoms with Gasteiger partial charge in [0.1, 0.15) is 0 Å². The highest BCUT2D eigenvalue weighted by molar-refractivity contribution is 9.10. The van der Waals surface area contributed by atoms with Crippen molar-refractivity contribution in [1.82, 2.24) is 0 Å². The predicted octanol–water partition coefficient (Wildman–Crippen LogP) is 5.37. The van der Waals surface area contributed by atoms with E-state index < -0.39 is 6.10 Å². The van der Waals surface area contributed by atoms with Crippen LogP contribution in [-0.2, 0) is 0 Å². The number of halogens is 1. The van der Waals surface area contributed by atoms with Crippen molar-refractivity contribution in [2.24, 2.45) is 5.92 Å². The van der Waals surface area contributed by atoms with Gasteiger partial charge in [-0.15, -0.1) is 0 Å². The minimum absolute atomic E-state index is 0.136. The lowest BCUT2D eigenvalue weighted by atomic mass is 9.80. The minimum atomic E-state index is -0.460. The van der Waals surface area contributed by atoms with Crippen LogP contribution in [0.2, 0.25) is 0 Å². The monoisotopic (exact) mass is 338 g/mol. The summed E-state index contributed by atoms with van der Waals surface area (Å²) in [5.74, 6) is 0.571. The second kappa shape index (κ2) is 6.69. The molecule has 0 fully saturated rings. The molecule has 3 atom stereocenters. The molecule has 2 rings (SSSR count). The van der Waals surface area contributed by atoms with Crippen molar-refractivity contribution in [2.75, 3.05) is 0 Å². The molecule has 2 aromatic rings. The lowest BCUT2D eigenvalue weighted by Crippen LogP contribution is -2.18. The van der Waals surface area contributed by atoms with Gasteiger partial charge in [0.25, 0.3) is 0 Å². The van der Waals surface area contributed by atoms with E-state index in [0.29, 0.717) is 5.92 Å². The van der Waals surface area contributed by atoms with E-state index in [1.54, 1.807) is 11.3 Å². The summed E-state index contributed by atoms with van der Waals surface area (Å²) in [4.78, 5) is 0. The van der Waals surface area contributed by atoms with Crippen LogP contribution < -0.4 is 0 Å². The molecule has 1 aromatic carbocycles. The molecule has 0 spiro atoms. The predicted molar refractivity (Wildman–Crippen MR) is 85.6 cm³/mol. The molecule has 0 saturated carbocycles. The molecule has 3 heteroatoms. The fourth-order valence-electron chi connectivity index (χ4n) is 2.45. The van der Waals surface area contributed by atoms with Gasteiger partial charge in [-0.05, 0) is 32.8 Å². The first-order valence-corrected chi connectivity index (χ1v) is 8.33. The first-order chi connectivity index (χ1) is 9.15. The fourth-order valence-corrected chi connectivity index (χ4v) is 4.01. The molecule has 1 N–H and O–H groups in total. The zero-order valence-electron chi connectivity index (χ0n) is 11.2. The molecule has 102 valence electrons.